The SMILES string of the molecule is CCOC(=O)C(C)Nc1nc2cc(C(F)(F)F)c(Br)cn2n1. The topological polar surface area (TPSA) is 68.5 Å². The van der Waals surface area contributed by atoms with Gasteiger partial charge in [-0.25, -0.2) is 9.31 Å². The van der Waals surface area contributed by atoms with Crippen LogP contribution in [0.4, 0.5) is 19.1 Å². The molecule has 1 atom stereocenters. The fraction of sp³-hybridized carbons (Fsp3) is 0.417. The van der Waals surface area contributed by atoms with Crippen molar-refractivity contribution in [2.45, 2.75) is 26.1 Å². The largest absolute Gasteiger partial charge is 0.464 e. The summed E-state index contributed by atoms with van der Waals surface area (Å²) in [5.74, 6) is -0.467. The Hall–Kier alpha value is -1.84. The maximum atomic E-state index is 12.8. The lowest BCUT2D eigenvalue weighted by Gasteiger charge is -2.10. The van der Waals surface area contributed by atoms with Crippen molar-refractivity contribution in [3.05, 3.63) is 22.3 Å². The highest BCUT2D eigenvalue weighted by Crippen LogP contribution is 2.35. The lowest BCUT2D eigenvalue weighted by molar-refractivity contribution is -0.143. The molecule has 0 amide bonds. The summed E-state index contributed by atoms with van der Waals surface area (Å²) in [4.78, 5) is 15.4. The molecule has 0 fully saturated rings. The fourth-order valence-corrected chi connectivity index (χ4v) is 2.24. The van der Waals surface area contributed by atoms with Crippen LogP contribution in [-0.4, -0.2) is 33.2 Å². The number of carbonyl (C=O) groups excluding carboxylic acids is 1. The Morgan fingerprint density at radius 1 is 1.55 bits per heavy atom. The van der Waals surface area contributed by atoms with E-state index >= 15 is 0 Å². The van der Waals surface area contributed by atoms with Gasteiger partial charge in [0.15, 0.2) is 5.65 Å². The van der Waals surface area contributed by atoms with Crippen molar-refractivity contribution in [3.8, 4) is 0 Å². The Morgan fingerprint density at radius 3 is 2.82 bits per heavy atom. The first-order valence-electron chi connectivity index (χ1n) is 6.28. The molecule has 120 valence electrons. The zero-order valence-electron chi connectivity index (χ0n) is 11.6. The molecule has 0 radical (unpaired) electrons. The van der Waals surface area contributed by atoms with E-state index in [1.807, 2.05) is 0 Å². The van der Waals surface area contributed by atoms with Crippen LogP contribution < -0.4 is 5.32 Å². The number of anilines is 1. The van der Waals surface area contributed by atoms with Crippen LogP contribution in [0, 0.1) is 0 Å². The number of nitrogens with one attached hydrogen (secondary N) is 1. The van der Waals surface area contributed by atoms with Gasteiger partial charge in [0.05, 0.1) is 12.2 Å². The van der Waals surface area contributed by atoms with Gasteiger partial charge in [0, 0.05) is 10.7 Å². The van der Waals surface area contributed by atoms with Crippen molar-refractivity contribution in [1.82, 2.24) is 14.6 Å². The molecule has 2 rings (SSSR count). The fourth-order valence-electron chi connectivity index (χ4n) is 1.70. The zero-order valence-corrected chi connectivity index (χ0v) is 13.2. The van der Waals surface area contributed by atoms with Crippen LogP contribution in [0.25, 0.3) is 5.65 Å². The maximum absolute atomic E-state index is 12.8. The van der Waals surface area contributed by atoms with Gasteiger partial charge in [-0.05, 0) is 35.8 Å². The molecule has 1 unspecified atom stereocenters. The van der Waals surface area contributed by atoms with E-state index in [2.05, 4.69) is 31.3 Å². The number of ether oxygens (including phenoxy) is 1. The average Bonchev–Trinajstić information content (AvgIpc) is 2.77. The van der Waals surface area contributed by atoms with Crippen LogP contribution in [0.5, 0.6) is 0 Å². The van der Waals surface area contributed by atoms with E-state index in [-0.39, 0.29) is 22.7 Å². The second-order valence-corrected chi connectivity index (χ2v) is 5.24. The maximum Gasteiger partial charge on any atom is 0.417 e. The van der Waals surface area contributed by atoms with Crippen molar-refractivity contribution in [3.63, 3.8) is 0 Å². The summed E-state index contributed by atoms with van der Waals surface area (Å²) in [6.45, 7) is 3.44. The molecule has 0 aliphatic heterocycles. The summed E-state index contributed by atoms with van der Waals surface area (Å²) in [6.07, 6.45) is -3.34. The highest BCUT2D eigenvalue weighted by molar-refractivity contribution is 9.10. The molecular formula is C12H12BrF3N4O2. The number of alkyl halides is 3. The monoisotopic (exact) mass is 380 g/mol. The molecule has 10 heteroatoms. The lowest BCUT2D eigenvalue weighted by atomic mass is 10.2. The Morgan fingerprint density at radius 2 is 2.23 bits per heavy atom. The van der Waals surface area contributed by atoms with Gasteiger partial charge in [0.2, 0.25) is 5.95 Å². The molecule has 0 saturated carbocycles. The van der Waals surface area contributed by atoms with E-state index < -0.39 is 23.8 Å². The van der Waals surface area contributed by atoms with E-state index in [1.54, 1.807) is 13.8 Å². The summed E-state index contributed by atoms with van der Waals surface area (Å²) in [6, 6.07) is 0.153. The van der Waals surface area contributed by atoms with Crippen LogP contribution in [0.15, 0.2) is 16.7 Å². The minimum atomic E-state index is -4.50. The molecular weight excluding hydrogens is 369 g/mol. The van der Waals surface area contributed by atoms with Gasteiger partial charge >= 0.3 is 12.1 Å². The number of nitrogens with zero attached hydrogens (tertiary/aromatic N) is 3. The van der Waals surface area contributed by atoms with Gasteiger partial charge in [0.25, 0.3) is 0 Å². The molecule has 0 aromatic carbocycles. The molecule has 22 heavy (non-hydrogen) atoms. The Balaban J connectivity index is 2.29. The third-order valence-electron chi connectivity index (χ3n) is 2.72. The minimum absolute atomic E-state index is 0.00841. The first-order chi connectivity index (χ1) is 10.2. The first kappa shape index (κ1) is 16.5. The first-order valence-corrected chi connectivity index (χ1v) is 7.08. The van der Waals surface area contributed by atoms with Gasteiger partial charge < -0.3 is 10.1 Å². The molecule has 0 spiro atoms. The number of esters is 1. The third kappa shape index (κ3) is 3.49. The summed E-state index contributed by atoms with van der Waals surface area (Å²) in [5, 5.41) is 6.65. The standard InChI is InChI=1S/C12H12BrF3N4O2/c1-3-22-10(21)6(2)17-11-18-9-4-7(12(14,15)16)8(13)5-20(9)19-11/h4-6H,3H2,1-2H3,(H,17,19). The van der Waals surface area contributed by atoms with Crippen molar-refractivity contribution in [2.75, 3.05) is 11.9 Å². The normalized spacial score (nSPS) is 13.2. The van der Waals surface area contributed by atoms with Crippen LogP contribution in [0.3, 0.4) is 0 Å². The predicted molar refractivity (Wildman–Crippen MR) is 75.4 cm³/mol. The van der Waals surface area contributed by atoms with Gasteiger partial charge in [0.1, 0.15) is 6.04 Å². The number of halogens is 4. The highest BCUT2D eigenvalue weighted by atomic mass is 79.9. The summed E-state index contributed by atoms with van der Waals surface area (Å²) in [7, 11) is 0. The molecule has 0 aliphatic carbocycles. The second kappa shape index (κ2) is 6.11. The van der Waals surface area contributed by atoms with E-state index in [4.69, 9.17) is 4.74 Å². The smallest absolute Gasteiger partial charge is 0.417 e. The molecule has 0 aliphatic rings. The van der Waals surface area contributed by atoms with E-state index in [1.165, 1.54) is 4.52 Å². The lowest BCUT2D eigenvalue weighted by Crippen LogP contribution is -2.28. The Kier molecular flexibility index (Phi) is 4.59. The minimum Gasteiger partial charge on any atom is -0.464 e. The van der Waals surface area contributed by atoms with Crippen molar-refractivity contribution in [2.24, 2.45) is 0 Å². The number of hydrogen-bond donors (Lipinski definition) is 1. The molecule has 1 N–H and O–H groups in total. The number of hydrogen-bond acceptors (Lipinski definition) is 5. The Labute approximate surface area is 131 Å². The quantitative estimate of drug-likeness (QED) is 0.825. The van der Waals surface area contributed by atoms with Gasteiger partial charge in [-0.15, -0.1) is 5.10 Å². The molecule has 0 saturated heterocycles. The number of rotatable bonds is 4. The summed E-state index contributed by atoms with van der Waals surface area (Å²) in [5.41, 5.74) is -0.841. The van der Waals surface area contributed by atoms with Crippen LogP contribution in [0.2, 0.25) is 0 Å². The van der Waals surface area contributed by atoms with Crippen molar-refractivity contribution in [1.29, 1.82) is 0 Å². The van der Waals surface area contributed by atoms with Gasteiger partial charge in [-0.3, -0.25) is 0 Å². The highest BCUT2D eigenvalue weighted by Gasteiger charge is 2.33. The molecule has 6 nitrogen and oxygen atoms in total. The zero-order chi connectivity index (χ0) is 16.5. The molecule has 0 bridgehead atoms. The van der Waals surface area contributed by atoms with Crippen LogP contribution in [-0.2, 0) is 15.7 Å². The predicted octanol–water partition coefficient (Wildman–Crippen LogP) is 2.87. The van der Waals surface area contributed by atoms with Gasteiger partial charge in [-0.2, -0.15) is 18.2 Å². The summed E-state index contributed by atoms with van der Waals surface area (Å²) >= 11 is 2.85. The number of aromatic nitrogens is 3. The number of carbonyl (C=O) groups is 1. The van der Waals surface area contributed by atoms with Crippen molar-refractivity contribution < 1.29 is 22.7 Å². The number of pyridine rings is 1. The van der Waals surface area contributed by atoms with Gasteiger partial charge in [-0.1, -0.05) is 0 Å². The number of fused-ring (bicyclic) bond motifs is 1. The molecule has 2 aromatic heterocycles. The van der Waals surface area contributed by atoms with Crippen molar-refractivity contribution >= 4 is 33.5 Å². The molecule has 2 aromatic rings. The van der Waals surface area contributed by atoms with E-state index in [9.17, 15) is 18.0 Å². The second-order valence-electron chi connectivity index (χ2n) is 4.39. The van der Waals surface area contributed by atoms with E-state index in [0.717, 1.165) is 12.3 Å². The average molecular weight is 381 g/mol. The van der Waals surface area contributed by atoms with E-state index in [0.29, 0.717) is 0 Å². The van der Waals surface area contributed by atoms with Crippen LogP contribution in [0.1, 0.15) is 19.4 Å². The summed E-state index contributed by atoms with van der Waals surface area (Å²) < 4.78 is 44.3. The Bertz CT molecular complexity index is 701. The third-order valence-corrected chi connectivity index (χ3v) is 3.35. The van der Waals surface area contributed by atoms with Crippen LogP contribution >= 0.6 is 15.9 Å². The molecule has 2 heterocycles.